The molecule has 0 unspecified atom stereocenters. The first kappa shape index (κ1) is 20.0. The summed E-state index contributed by atoms with van der Waals surface area (Å²) in [7, 11) is 0. The van der Waals surface area contributed by atoms with Gasteiger partial charge in [0.05, 0.1) is 5.70 Å². The number of hydrogen-bond donors (Lipinski definition) is 0. The van der Waals surface area contributed by atoms with Crippen LogP contribution in [0, 0.1) is 0 Å². The first-order chi connectivity index (χ1) is 12.3. The molecule has 1 amide bonds. The maximum atomic E-state index is 12.8. The van der Waals surface area contributed by atoms with Crippen molar-refractivity contribution in [1.29, 1.82) is 0 Å². The van der Waals surface area contributed by atoms with E-state index < -0.39 is 5.54 Å². The summed E-state index contributed by atoms with van der Waals surface area (Å²) in [4.78, 5) is 34.7. The van der Waals surface area contributed by atoms with Crippen molar-refractivity contribution in [3.05, 3.63) is 34.9 Å². The normalized spacial score (nSPS) is 12.9. The molecule has 0 bridgehead atoms. The van der Waals surface area contributed by atoms with E-state index in [1.54, 1.807) is 26.7 Å². The van der Waals surface area contributed by atoms with E-state index in [1.807, 2.05) is 53.0 Å². The molecular weight excluding hydrogens is 350 g/mol. The SMILES string of the molecule is C/C=C\C(=C/N(C=O)C(C)(C)C)n1c2nc(SC)ncc2c(=O)n1CC. The lowest BCUT2D eigenvalue weighted by Crippen LogP contribution is -2.36. The van der Waals surface area contributed by atoms with Gasteiger partial charge in [0.25, 0.3) is 5.56 Å². The predicted octanol–water partition coefficient (Wildman–Crippen LogP) is 2.97. The van der Waals surface area contributed by atoms with E-state index in [4.69, 9.17) is 0 Å². The number of hydrogen-bond acceptors (Lipinski definition) is 5. The molecule has 0 fully saturated rings. The standard InChI is InChI=1S/C18H25N5O2S/c1-7-9-13(11-21(12-24)18(3,4)5)23-15-14(16(25)22(23)8-2)10-19-17(20-15)26-6/h7,9-12H,8H2,1-6H3/b9-7-,13-11+. The van der Waals surface area contributed by atoms with Crippen LogP contribution < -0.4 is 5.56 Å². The summed E-state index contributed by atoms with van der Waals surface area (Å²) in [5, 5.41) is 1.04. The van der Waals surface area contributed by atoms with Gasteiger partial charge in [-0.15, -0.1) is 0 Å². The van der Waals surface area contributed by atoms with Gasteiger partial charge in [-0.05, 0) is 47.0 Å². The van der Waals surface area contributed by atoms with Crippen LogP contribution in [0.25, 0.3) is 16.7 Å². The summed E-state index contributed by atoms with van der Waals surface area (Å²) < 4.78 is 3.35. The van der Waals surface area contributed by atoms with Gasteiger partial charge in [0.2, 0.25) is 6.41 Å². The molecule has 0 saturated carbocycles. The van der Waals surface area contributed by atoms with Crippen molar-refractivity contribution in [3.63, 3.8) is 0 Å². The van der Waals surface area contributed by atoms with Crippen molar-refractivity contribution in [3.8, 4) is 0 Å². The van der Waals surface area contributed by atoms with Crippen LogP contribution >= 0.6 is 11.8 Å². The molecule has 140 valence electrons. The second-order valence-electron chi connectivity index (χ2n) is 6.66. The average Bonchev–Trinajstić information content (AvgIpc) is 2.88. The monoisotopic (exact) mass is 375 g/mol. The minimum Gasteiger partial charge on any atom is -0.314 e. The van der Waals surface area contributed by atoms with E-state index in [1.165, 1.54) is 11.8 Å². The van der Waals surface area contributed by atoms with Gasteiger partial charge in [-0.25, -0.2) is 19.3 Å². The molecule has 8 heteroatoms. The molecule has 0 atom stereocenters. The fraction of sp³-hybridized carbons (Fsp3) is 0.444. The number of aromatic nitrogens is 4. The van der Waals surface area contributed by atoms with Crippen LogP contribution in [0.4, 0.5) is 0 Å². The molecule has 0 aliphatic heterocycles. The Morgan fingerprint density at radius 3 is 2.58 bits per heavy atom. The molecule has 0 radical (unpaired) electrons. The molecule has 7 nitrogen and oxygen atoms in total. The number of thioether (sulfide) groups is 1. The summed E-state index contributed by atoms with van der Waals surface area (Å²) in [6.07, 6.45) is 9.69. The van der Waals surface area contributed by atoms with Crippen LogP contribution in [0.3, 0.4) is 0 Å². The zero-order chi connectivity index (χ0) is 19.5. The number of fused-ring (bicyclic) bond motifs is 1. The molecule has 2 aromatic heterocycles. The van der Waals surface area contributed by atoms with Crippen LogP contribution in [0.15, 0.2) is 34.5 Å². The van der Waals surface area contributed by atoms with Crippen molar-refractivity contribution in [2.75, 3.05) is 6.26 Å². The van der Waals surface area contributed by atoms with Crippen molar-refractivity contribution in [1.82, 2.24) is 24.2 Å². The molecule has 0 aliphatic carbocycles. The lowest BCUT2D eigenvalue weighted by Gasteiger charge is -2.29. The van der Waals surface area contributed by atoms with Gasteiger partial charge in [0, 0.05) is 24.5 Å². The summed E-state index contributed by atoms with van der Waals surface area (Å²) in [5.41, 5.74) is 0.655. The Bertz CT molecular complexity index is 918. The smallest absolute Gasteiger partial charge is 0.278 e. The highest BCUT2D eigenvalue weighted by Gasteiger charge is 2.21. The van der Waals surface area contributed by atoms with Crippen LogP contribution in [0.5, 0.6) is 0 Å². The largest absolute Gasteiger partial charge is 0.314 e. The molecule has 26 heavy (non-hydrogen) atoms. The van der Waals surface area contributed by atoms with Crippen molar-refractivity contribution in [2.24, 2.45) is 0 Å². The maximum absolute atomic E-state index is 12.8. The van der Waals surface area contributed by atoms with Crippen LogP contribution in [0.1, 0.15) is 34.6 Å². The Morgan fingerprint density at radius 1 is 1.38 bits per heavy atom. The quantitative estimate of drug-likeness (QED) is 0.336. The highest BCUT2D eigenvalue weighted by Crippen LogP contribution is 2.21. The molecule has 0 N–H and O–H groups in total. The van der Waals surface area contributed by atoms with Gasteiger partial charge >= 0.3 is 0 Å². The Labute approximate surface area is 157 Å². The van der Waals surface area contributed by atoms with E-state index >= 15 is 0 Å². The first-order valence-electron chi connectivity index (χ1n) is 8.39. The summed E-state index contributed by atoms with van der Waals surface area (Å²) in [5.74, 6) is 0. The van der Waals surface area contributed by atoms with E-state index in [-0.39, 0.29) is 5.56 Å². The van der Waals surface area contributed by atoms with E-state index in [0.29, 0.717) is 28.4 Å². The minimum absolute atomic E-state index is 0.154. The number of amides is 1. The molecule has 2 heterocycles. The molecule has 0 spiro atoms. The Balaban J connectivity index is 2.86. The van der Waals surface area contributed by atoms with Crippen LogP contribution in [-0.2, 0) is 11.3 Å². The number of carbonyl (C=O) groups is 1. The lowest BCUT2D eigenvalue weighted by atomic mass is 10.1. The Kier molecular flexibility index (Phi) is 6.07. The summed E-state index contributed by atoms with van der Waals surface area (Å²) in [6.45, 7) is 10.1. The molecule has 0 aliphatic rings. The lowest BCUT2D eigenvalue weighted by molar-refractivity contribution is -0.119. The molecule has 0 saturated heterocycles. The predicted molar refractivity (Wildman–Crippen MR) is 106 cm³/mol. The highest BCUT2D eigenvalue weighted by molar-refractivity contribution is 7.98. The third kappa shape index (κ3) is 3.75. The minimum atomic E-state index is -0.395. The molecule has 2 rings (SSSR count). The van der Waals surface area contributed by atoms with Gasteiger partial charge in [-0.3, -0.25) is 9.59 Å². The molecular formula is C18H25N5O2S. The van der Waals surface area contributed by atoms with E-state index in [2.05, 4.69) is 9.97 Å². The van der Waals surface area contributed by atoms with Crippen LogP contribution in [0.2, 0.25) is 0 Å². The van der Waals surface area contributed by atoms with Gasteiger partial charge in [0.1, 0.15) is 5.39 Å². The highest BCUT2D eigenvalue weighted by atomic mass is 32.2. The van der Waals surface area contributed by atoms with Gasteiger partial charge in [0.15, 0.2) is 10.8 Å². The third-order valence-corrected chi connectivity index (χ3v) is 4.44. The first-order valence-corrected chi connectivity index (χ1v) is 9.62. The van der Waals surface area contributed by atoms with Crippen molar-refractivity contribution in [2.45, 2.75) is 51.9 Å². The second-order valence-corrected chi connectivity index (χ2v) is 7.44. The maximum Gasteiger partial charge on any atom is 0.278 e. The van der Waals surface area contributed by atoms with E-state index in [0.717, 1.165) is 6.41 Å². The van der Waals surface area contributed by atoms with Gasteiger partial charge in [-0.2, -0.15) is 0 Å². The summed E-state index contributed by atoms with van der Waals surface area (Å²) in [6, 6.07) is 0. The third-order valence-electron chi connectivity index (χ3n) is 3.88. The zero-order valence-electron chi connectivity index (χ0n) is 16.1. The number of nitrogens with zero attached hydrogens (tertiary/aromatic N) is 5. The van der Waals surface area contributed by atoms with Crippen molar-refractivity contribution >= 4 is 34.9 Å². The second kappa shape index (κ2) is 7.90. The van der Waals surface area contributed by atoms with Crippen molar-refractivity contribution < 1.29 is 4.79 Å². The van der Waals surface area contributed by atoms with Gasteiger partial charge in [-0.1, -0.05) is 17.8 Å². The molecule has 2 aromatic rings. The van der Waals surface area contributed by atoms with E-state index in [9.17, 15) is 9.59 Å². The number of rotatable bonds is 6. The molecule has 0 aromatic carbocycles. The fourth-order valence-electron chi connectivity index (χ4n) is 2.52. The fourth-order valence-corrected chi connectivity index (χ4v) is 2.86. The van der Waals surface area contributed by atoms with Gasteiger partial charge < -0.3 is 4.90 Å². The number of allylic oxidation sites excluding steroid dienone is 3. The van der Waals surface area contributed by atoms with Crippen LogP contribution in [-0.4, -0.2) is 42.4 Å². The zero-order valence-corrected chi connectivity index (χ0v) is 16.9. The number of carbonyl (C=O) groups excluding carboxylic acids is 1. The average molecular weight is 375 g/mol. The summed E-state index contributed by atoms with van der Waals surface area (Å²) >= 11 is 1.41. The Morgan fingerprint density at radius 2 is 2.08 bits per heavy atom. The Hall–Kier alpha value is -2.35. The topological polar surface area (TPSA) is 73.0 Å².